The summed E-state index contributed by atoms with van der Waals surface area (Å²) in [5.74, 6) is -0.350. The number of hydrogen-bond donors (Lipinski definition) is 2. The van der Waals surface area contributed by atoms with Crippen molar-refractivity contribution in [3.8, 4) is 0 Å². The lowest BCUT2D eigenvalue weighted by Crippen LogP contribution is -2.29. The van der Waals surface area contributed by atoms with E-state index in [1.165, 1.54) is 6.07 Å². The quantitative estimate of drug-likeness (QED) is 0.366. The largest absolute Gasteiger partial charge is 0.297 e. The summed E-state index contributed by atoms with van der Waals surface area (Å²) in [6.07, 6.45) is 0. The lowest BCUT2D eigenvalue weighted by atomic mass is 10.1. The number of anilines is 1. The number of aromatic nitrogens is 1. The number of pyridine rings is 1. The molecule has 6 heteroatoms. The fourth-order valence-electron chi connectivity index (χ4n) is 2.83. The molecular formula is C20H13Cl2N3O. The van der Waals surface area contributed by atoms with Crippen molar-refractivity contribution in [2.24, 2.45) is 0 Å². The van der Waals surface area contributed by atoms with Gasteiger partial charge in [0.1, 0.15) is 0 Å². The average molecular weight is 382 g/mol. The SMILES string of the molecule is O=C(NNc1c2ccccc2nc2ccccc12)c1ccc(Cl)cc1Cl. The van der Waals surface area contributed by atoms with Gasteiger partial charge in [-0.15, -0.1) is 0 Å². The number of carbonyl (C=O) groups excluding carboxylic acids is 1. The Morgan fingerprint density at radius 2 is 1.46 bits per heavy atom. The van der Waals surface area contributed by atoms with Crippen molar-refractivity contribution in [1.29, 1.82) is 0 Å². The molecule has 0 atom stereocenters. The maximum Gasteiger partial charge on any atom is 0.271 e. The van der Waals surface area contributed by atoms with Crippen molar-refractivity contribution >= 4 is 56.6 Å². The molecule has 4 rings (SSSR count). The van der Waals surface area contributed by atoms with Crippen molar-refractivity contribution in [2.75, 3.05) is 5.43 Å². The molecule has 0 fully saturated rings. The van der Waals surface area contributed by atoms with Crippen LogP contribution in [0, 0.1) is 0 Å². The summed E-state index contributed by atoms with van der Waals surface area (Å²) in [5, 5.41) is 2.59. The van der Waals surface area contributed by atoms with E-state index in [9.17, 15) is 4.79 Å². The lowest BCUT2D eigenvalue weighted by molar-refractivity contribution is 0.0963. The summed E-state index contributed by atoms with van der Waals surface area (Å²) in [4.78, 5) is 17.2. The number of carbonyl (C=O) groups is 1. The molecule has 0 aliphatic rings. The van der Waals surface area contributed by atoms with Crippen LogP contribution in [0.5, 0.6) is 0 Å². The number of hydrazine groups is 1. The Labute approximate surface area is 159 Å². The predicted molar refractivity (Wildman–Crippen MR) is 107 cm³/mol. The smallest absolute Gasteiger partial charge is 0.271 e. The number of fused-ring (bicyclic) bond motifs is 2. The van der Waals surface area contributed by atoms with Crippen LogP contribution < -0.4 is 10.9 Å². The van der Waals surface area contributed by atoms with Crippen LogP contribution in [0.15, 0.2) is 66.7 Å². The van der Waals surface area contributed by atoms with Crippen LogP contribution in [-0.2, 0) is 0 Å². The first-order valence-corrected chi connectivity index (χ1v) is 8.68. The van der Waals surface area contributed by atoms with Gasteiger partial charge in [-0.05, 0) is 30.3 Å². The minimum atomic E-state index is -0.350. The van der Waals surface area contributed by atoms with Gasteiger partial charge in [0.05, 0.1) is 27.3 Å². The third-order valence-corrected chi connectivity index (χ3v) is 4.61. The molecule has 0 unspecified atom stereocenters. The second-order valence-corrected chi connectivity index (χ2v) is 6.57. The van der Waals surface area contributed by atoms with Crippen LogP contribution in [0.1, 0.15) is 10.4 Å². The topological polar surface area (TPSA) is 54.0 Å². The Morgan fingerprint density at radius 3 is 2.08 bits per heavy atom. The molecule has 4 aromatic rings. The highest BCUT2D eigenvalue weighted by molar-refractivity contribution is 6.36. The number of hydrogen-bond acceptors (Lipinski definition) is 3. The van der Waals surface area contributed by atoms with Gasteiger partial charge in [0.2, 0.25) is 0 Å². The van der Waals surface area contributed by atoms with Crippen LogP contribution in [0.3, 0.4) is 0 Å². The molecule has 0 bridgehead atoms. The zero-order chi connectivity index (χ0) is 18.1. The van der Waals surface area contributed by atoms with Crippen LogP contribution >= 0.6 is 23.2 Å². The fraction of sp³-hybridized carbons (Fsp3) is 0. The predicted octanol–water partition coefficient (Wildman–Crippen LogP) is 5.45. The molecule has 0 radical (unpaired) electrons. The van der Waals surface area contributed by atoms with E-state index in [-0.39, 0.29) is 5.91 Å². The van der Waals surface area contributed by atoms with Gasteiger partial charge in [0.15, 0.2) is 0 Å². The molecule has 0 aliphatic heterocycles. The van der Waals surface area contributed by atoms with Gasteiger partial charge in [0.25, 0.3) is 5.91 Å². The highest BCUT2D eigenvalue weighted by Gasteiger charge is 2.13. The normalized spacial score (nSPS) is 10.8. The Morgan fingerprint density at radius 1 is 0.846 bits per heavy atom. The first kappa shape index (κ1) is 16.6. The first-order valence-electron chi connectivity index (χ1n) is 7.92. The molecule has 0 spiro atoms. The molecule has 0 saturated carbocycles. The third kappa shape index (κ3) is 3.05. The Balaban J connectivity index is 1.73. The van der Waals surface area contributed by atoms with Gasteiger partial charge < -0.3 is 0 Å². The van der Waals surface area contributed by atoms with E-state index in [0.29, 0.717) is 15.6 Å². The minimum absolute atomic E-state index is 0.293. The van der Waals surface area contributed by atoms with Crippen LogP contribution in [0.4, 0.5) is 5.69 Å². The molecule has 3 aromatic carbocycles. The van der Waals surface area contributed by atoms with E-state index in [4.69, 9.17) is 23.2 Å². The monoisotopic (exact) mass is 381 g/mol. The number of para-hydroxylation sites is 2. The fourth-order valence-corrected chi connectivity index (χ4v) is 3.33. The molecule has 128 valence electrons. The number of halogens is 2. The molecule has 1 heterocycles. The Bertz CT molecular complexity index is 1090. The Hall–Kier alpha value is -2.82. The number of amides is 1. The van der Waals surface area contributed by atoms with Crippen molar-refractivity contribution in [2.45, 2.75) is 0 Å². The van der Waals surface area contributed by atoms with Gasteiger partial charge >= 0.3 is 0 Å². The summed E-state index contributed by atoms with van der Waals surface area (Å²) in [6, 6.07) is 20.3. The second-order valence-electron chi connectivity index (χ2n) is 5.72. The number of nitrogens with zero attached hydrogens (tertiary/aromatic N) is 1. The molecule has 2 N–H and O–H groups in total. The minimum Gasteiger partial charge on any atom is -0.297 e. The van der Waals surface area contributed by atoms with Gasteiger partial charge in [-0.25, -0.2) is 4.98 Å². The highest BCUT2D eigenvalue weighted by atomic mass is 35.5. The zero-order valence-corrected chi connectivity index (χ0v) is 15.0. The van der Waals surface area contributed by atoms with E-state index in [1.54, 1.807) is 12.1 Å². The van der Waals surface area contributed by atoms with E-state index in [2.05, 4.69) is 15.8 Å². The van der Waals surface area contributed by atoms with E-state index >= 15 is 0 Å². The highest BCUT2D eigenvalue weighted by Crippen LogP contribution is 2.30. The zero-order valence-electron chi connectivity index (χ0n) is 13.5. The van der Waals surface area contributed by atoms with Crippen LogP contribution in [-0.4, -0.2) is 10.9 Å². The molecule has 4 nitrogen and oxygen atoms in total. The number of nitrogens with one attached hydrogen (secondary N) is 2. The standard InChI is InChI=1S/C20H13Cl2N3O/c21-12-9-10-13(16(22)11-12)20(26)25-24-19-14-5-1-3-7-17(14)23-18-8-4-2-6-15(18)19/h1-11H,(H,23,24)(H,25,26). The maximum absolute atomic E-state index is 12.5. The van der Waals surface area contributed by atoms with E-state index < -0.39 is 0 Å². The average Bonchev–Trinajstić information content (AvgIpc) is 2.65. The van der Waals surface area contributed by atoms with Crippen LogP contribution in [0.2, 0.25) is 10.0 Å². The first-order chi connectivity index (χ1) is 12.6. The molecule has 1 amide bonds. The van der Waals surface area contributed by atoms with Gasteiger partial charge in [0, 0.05) is 15.8 Å². The summed E-state index contributed by atoms with van der Waals surface area (Å²) in [7, 11) is 0. The molecule has 0 saturated heterocycles. The van der Waals surface area contributed by atoms with Gasteiger partial charge in [-0.3, -0.25) is 15.6 Å². The van der Waals surface area contributed by atoms with Gasteiger partial charge in [-0.2, -0.15) is 0 Å². The van der Waals surface area contributed by atoms with Crippen molar-refractivity contribution < 1.29 is 4.79 Å². The van der Waals surface area contributed by atoms with E-state index in [0.717, 1.165) is 27.5 Å². The summed E-state index contributed by atoms with van der Waals surface area (Å²) < 4.78 is 0. The van der Waals surface area contributed by atoms with Gasteiger partial charge in [-0.1, -0.05) is 59.6 Å². The number of rotatable bonds is 3. The molecule has 0 aliphatic carbocycles. The number of benzene rings is 3. The summed E-state index contributed by atoms with van der Waals surface area (Å²) in [6.45, 7) is 0. The van der Waals surface area contributed by atoms with Crippen molar-refractivity contribution in [3.63, 3.8) is 0 Å². The summed E-state index contributed by atoms with van der Waals surface area (Å²) in [5.41, 5.74) is 8.56. The van der Waals surface area contributed by atoms with Crippen molar-refractivity contribution in [3.05, 3.63) is 82.3 Å². The lowest BCUT2D eigenvalue weighted by Gasteiger charge is -2.14. The third-order valence-electron chi connectivity index (χ3n) is 4.06. The second kappa shape index (κ2) is 6.83. The Kier molecular flexibility index (Phi) is 4.37. The molecule has 26 heavy (non-hydrogen) atoms. The van der Waals surface area contributed by atoms with Crippen LogP contribution in [0.25, 0.3) is 21.8 Å². The summed E-state index contributed by atoms with van der Waals surface area (Å²) >= 11 is 12.0. The molecule has 1 aromatic heterocycles. The van der Waals surface area contributed by atoms with E-state index in [1.807, 2.05) is 48.5 Å². The van der Waals surface area contributed by atoms with Crippen molar-refractivity contribution in [1.82, 2.24) is 10.4 Å². The maximum atomic E-state index is 12.5. The molecular weight excluding hydrogens is 369 g/mol.